The van der Waals surface area contributed by atoms with Crippen molar-refractivity contribution in [1.29, 1.82) is 0 Å². The van der Waals surface area contributed by atoms with Crippen molar-refractivity contribution in [2.75, 3.05) is 0 Å². The topological polar surface area (TPSA) is 86.9 Å². The summed E-state index contributed by atoms with van der Waals surface area (Å²) in [6.07, 6.45) is 17.5. The Morgan fingerprint density at radius 3 is 1.76 bits per heavy atom. The molecule has 4 bridgehead atoms. The third-order valence-corrected chi connectivity index (χ3v) is 15.0. The first-order valence-corrected chi connectivity index (χ1v) is 22.9. The molecule has 2 N–H and O–H groups in total. The fourth-order valence-electron chi connectivity index (χ4n) is 12.1. The Bertz CT molecular complexity index is 2540. The Balaban J connectivity index is 0.858. The van der Waals surface area contributed by atoms with Crippen LogP contribution in [0.3, 0.4) is 0 Å². The predicted molar refractivity (Wildman–Crippen MR) is 236 cm³/mol. The third-order valence-electron chi connectivity index (χ3n) is 15.0. The number of nitrogens with one attached hydrogen (secondary N) is 2. The van der Waals surface area contributed by atoms with Crippen LogP contribution in [0.1, 0.15) is 137 Å². The molecule has 3 saturated carbocycles. The number of fused-ring (bicyclic) bond motifs is 4. The minimum absolute atomic E-state index is 0.102. The molecule has 0 spiro atoms. The summed E-state index contributed by atoms with van der Waals surface area (Å²) in [6.45, 7) is 5.86. The molecule has 6 atom stereocenters. The highest BCUT2D eigenvalue weighted by molar-refractivity contribution is 5.85. The van der Waals surface area contributed by atoms with Crippen LogP contribution in [0.25, 0.3) is 44.3 Å². The molecule has 8 aliphatic rings. The zero-order valence-electron chi connectivity index (χ0n) is 35.2. The molecule has 1 amide bonds. The van der Waals surface area contributed by atoms with Gasteiger partial charge in [0, 0.05) is 12.0 Å². The molecule has 1 unspecified atom stereocenters. The minimum Gasteiger partial charge on any atom is -0.444 e. The van der Waals surface area contributed by atoms with Crippen LogP contribution in [-0.2, 0) is 30.4 Å². The van der Waals surface area contributed by atoms with Gasteiger partial charge < -0.3 is 14.7 Å². The maximum atomic E-state index is 13.7. The Hall–Kier alpha value is -4.91. The molecule has 2 aromatic heterocycles. The average molecular weight is 786 g/mol. The number of carbonyl (C=O) groups is 1. The smallest absolute Gasteiger partial charge is 0.411 e. The van der Waals surface area contributed by atoms with Crippen LogP contribution in [0.2, 0.25) is 0 Å². The van der Waals surface area contributed by atoms with Crippen LogP contribution in [0.5, 0.6) is 0 Å². The molecular weight excluding hydrogens is 727 g/mol. The molecule has 6 aromatic rings. The van der Waals surface area contributed by atoms with Gasteiger partial charge in [-0.2, -0.15) is 0 Å². The molecule has 4 fully saturated rings. The van der Waals surface area contributed by atoms with E-state index in [0.29, 0.717) is 11.8 Å². The van der Waals surface area contributed by atoms with E-state index in [9.17, 15) is 4.79 Å². The van der Waals surface area contributed by atoms with E-state index >= 15 is 0 Å². The fourth-order valence-corrected chi connectivity index (χ4v) is 12.1. The number of hydrogen-bond acceptors (Lipinski definition) is 4. The van der Waals surface area contributed by atoms with Gasteiger partial charge in [0.1, 0.15) is 17.2 Å². The predicted octanol–water partition coefficient (Wildman–Crippen LogP) is 12.6. The molecule has 14 rings (SSSR count). The highest BCUT2D eigenvalue weighted by Crippen LogP contribution is 2.49. The summed E-state index contributed by atoms with van der Waals surface area (Å²) in [6, 6.07) is 28.1. The summed E-state index contributed by atoms with van der Waals surface area (Å²) in [4.78, 5) is 33.5. The van der Waals surface area contributed by atoms with Gasteiger partial charge in [0.15, 0.2) is 0 Å². The van der Waals surface area contributed by atoms with Crippen LogP contribution in [0, 0.1) is 17.8 Å². The lowest BCUT2D eigenvalue weighted by atomic mass is 9.82. The molecule has 59 heavy (non-hydrogen) atoms. The van der Waals surface area contributed by atoms with E-state index < -0.39 is 5.60 Å². The summed E-state index contributed by atoms with van der Waals surface area (Å²) in [5, 5.41) is 0. The van der Waals surface area contributed by atoms with Gasteiger partial charge in [0.2, 0.25) is 0 Å². The lowest BCUT2D eigenvalue weighted by molar-refractivity contribution is 0.00953. The van der Waals surface area contributed by atoms with Crippen LogP contribution in [-0.4, -0.2) is 42.6 Å². The third kappa shape index (κ3) is 7.06. The Morgan fingerprint density at radius 2 is 1.17 bits per heavy atom. The Morgan fingerprint density at radius 1 is 0.627 bits per heavy atom. The van der Waals surface area contributed by atoms with E-state index in [4.69, 9.17) is 14.7 Å². The second kappa shape index (κ2) is 14.7. The number of likely N-dealkylation sites (tertiary alicyclic amines) is 1. The van der Waals surface area contributed by atoms with Gasteiger partial charge in [-0.05, 0) is 165 Å². The minimum atomic E-state index is -0.541. The van der Waals surface area contributed by atoms with Crippen LogP contribution < -0.4 is 0 Å². The lowest BCUT2D eigenvalue weighted by Crippen LogP contribution is -2.43. The number of hydrogen-bond donors (Lipinski definition) is 2. The fraction of sp³-hybridized carbons (Fsp3) is 0.481. The van der Waals surface area contributed by atoms with Gasteiger partial charge in [-0.3, -0.25) is 4.90 Å². The number of rotatable bonds is 4. The SMILES string of the molecule is CC(C)(C)OC(=O)N1[C@H](c2nc3ccc(-c4cc5ccc4CCc4ccc(c(-c6ccc7nc(C8C[C@H]9CCCC[C@H]9C8)[nH]c7c6)c4)CC5)cc3[nH]2)C[C@@H]2CCCC[C@@H]21. The maximum absolute atomic E-state index is 13.7. The zero-order valence-corrected chi connectivity index (χ0v) is 35.2. The van der Waals surface area contributed by atoms with Crippen LogP contribution >= 0.6 is 0 Å². The van der Waals surface area contributed by atoms with Gasteiger partial charge in [-0.15, -0.1) is 0 Å². The molecule has 0 radical (unpaired) electrons. The van der Waals surface area contributed by atoms with E-state index in [1.807, 2.05) is 25.7 Å². The van der Waals surface area contributed by atoms with E-state index in [1.165, 1.54) is 101 Å². The average Bonchev–Trinajstić information content (AvgIpc) is 4.03. The number of benzene rings is 4. The molecular formula is C52H59N5O2. The number of aryl methyl sites for hydroxylation is 4. The number of ether oxygens (including phenoxy) is 1. The second-order valence-electron chi connectivity index (χ2n) is 19.9. The standard InChI is InChI=1S/C52H59N5O2/c1-52(2,3)59-51(58)57-47-11-7-6-10-39(47)30-48(57)50-54-44-23-21-38(29-46(44)56-50)42-25-32-13-17-33-16-12-31(14-18-34(42)19-15-32)24-41(33)37-20-22-43-45(28-37)55-49(53-43)40-26-35-8-4-5-9-36(35)27-40/h12,15-16,19-25,28-29,35-36,39-40,47-48H,4-11,13-14,17-18,26-27,30H2,1-3H3,(H,53,55)(H,54,56)/t35-,36+,39-,40?,47-,48-/m0/s1. The number of amides is 1. The highest BCUT2D eigenvalue weighted by atomic mass is 16.6. The van der Waals surface area contributed by atoms with Crippen molar-refractivity contribution in [3.8, 4) is 22.3 Å². The van der Waals surface area contributed by atoms with Crippen LogP contribution in [0.4, 0.5) is 4.79 Å². The number of aromatic amines is 2. The highest BCUT2D eigenvalue weighted by Gasteiger charge is 2.47. The first-order valence-electron chi connectivity index (χ1n) is 22.9. The van der Waals surface area contributed by atoms with Gasteiger partial charge in [0.05, 0.1) is 28.1 Å². The van der Waals surface area contributed by atoms with Gasteiger partial charge in [-0.1, -0.05) is 87.1 Å². The zero-order chi connectivity index (χ0) is 39.8. The van der Waals surface area contributed by atoms with Crippen molar-refractivity contribution in [1.82, 2.24) is 24.8 Å². The van der Waals surface area contributed by atoms with Gasteiger partial charge in [-0.25, -0.2) is 14.8 Å². The van der Waals surface area contributed by atoms with E-state index in [2.05, 4.69) is 82.8 Å². The van der Waals surface area contributed by atoms with Crippen molar-refractivity contribution in [2.45, 2.75) is 141 Å². The lowest BCUT2D eigenvalue weighted by Gasteiger charge is -2.34. The molecule has 7 heteroatoms. The first kappa shape index (κ1) is 37.1. The summed E-state index contributed by atoms with van der Waals surface area (Å²) in [5.41, 5.74) is 14.4. The second-order valence-corrected chi connectivity index (χ2v) is 19.9. The van der Waals surface area contributed by atoms with E-state index in [1.54, 1.807) is 0 Å². The van der Waals surface area contributed by atoms with Crippen molar-refractivity contribution in [2.24, 2.45) is 17.8 Å². The molecule has 1 aliphatic heterocycles. The Kier molecular flexibility index (Phi) is 9.23. The molecule has 4 aromatic carbocycles. The quantitative estimate of drug-likeness (QED) is 0.186. The number of aromatic nitrogens is 4. The molecule has 7 nitrogen and oxygen atoms in total. The van der Waals surface area contributed by atoms with Crippen molar-refractivity contribution in [3.05, 3.63) is 107 Å². The first-order chi connectivity index (χ1) is 28.7. The number of H-pyrrole nitrogens is 2. The largest absolute Gasteiger partial charge is 0.444 e. The normalized spacial score (nSPS) is 25.6. The van der Waals surface area contributed by atoms with Crippen molar-refractivity contribution >= 4 is 28.2 Å². The van der Waals surface area contributed by atoms with E-state index in [0.717, 1.165) is 85.6 Å². The summed E-state index contributed by atoms with van der Waals surface area (Å²) in [7, 11) is 0. The van der Waals surface area contributed by atoms with Crippen molar-refractivity contribution < 1.29 is 9.53 Å². The van der Waals surface area contributed by atoms with Crippen molar-refractivity contribution in [3.63, 3.8) is 0 Å². The van der Waals surface area contributed by atoms with Gasteiger partial charge >= 0.3 is 6.09 Å². The summed E-state index contributed by atoms with van der Waals surface area (Å²) >= 11 is 0. The molecule has 3 heterocycles. The molecule has 304 valence electrons. The maximum Gasteiger partial charge on any atom is 0.411 e. The monoisotopic (exact) mass is 785 g/mol. The Labute approximate surface area is 348 Å². The number of nitrogens with zero attached hydrogens (tertiary/aromatic N) is 3. The molecule has 1 saturated heterocycles. The van der Waals surface area contributed by atoms with Gasteiger partial charge in [0.25, 0.3) is 0 Å². The van der Waals surface area contributed by atoms with E-state index in [-0.39, 0.29) is 18.2 Å². The summed E-state index contributed by atoms with van der Waals surface area (Å²) in [5.74, 6) is 4.97. The number of imidazole rings is 2. The number of carbonyl (C=O) groups excluding carboxylic acids is 1. The van der Waals surface area contributed by atoms with Crippen LogP contribution in [0.15, 0.2) is 72.8 Å². The molecule has 7 aliphatic carbocycles. The summed E-state index contributed by atoms with van der Waals surface area (Å²) < 4.78 is 5.98.